The number of aryl methyl sites for hydroxylation is 2. The van der Waals surface area contributed by atoms with E-state index in [1.807, 2.05) is 32.0 Å². The Balaban J connectivity index is 2.34. The fourth-order valence-electron chi connectivity index (χ4n) is 1.55. The zero-order chi connectivity index (χ0) is 12.7. The van der Waals surface area contributed by atoms with Crippen molar-refractivity contribution in [2.75, 3.05) is 26.3 Å². The molecule has 0 aliphatic heterocycles. The molecule has 0 heterocycles. The molecular weight excluding hydrogens is 218 g/mol. The Hall–Kier alpha value is -1.10. The van der Waals surface area contributed by atoms with Crippen molar-refractivity contribution < 1.29 is 14.9 Å². The summed E-state index contributed by atoms with van der Waals surface area (Å²) in [6, 6.07) is 5.95. The van der Waals surface area contributed by atoms with Crippen molar-refractivity contribution in [3.05, 3.63) is 29.3 Å². The first-order valence-corrected chi connectivity index (χ1v) is 5.83. The molecule has 4 heteroatoms. The zero-order valence-electron chi connectivity index (χ0n) is 10.4. The molecule has 1 aromatic rings. The van der Waals surface area contributed by atoms with Crippen LogP contribution in [0.5, 0.6) is 5.75 Å². The summed E-state index contributed by atoms with van der Waals surface area (Å²) in [7, 11) is 0. The predicted octanol–water partition coefficient (Wildman–Crippen LogP) is 0.625. The van der Waals surface area contributed by atoms with E-state index in [4.69, 9.17) is 9.84 Å². The highest BCUT2D eigenvalue weighted by Crippen LogP contribution is 2.18. The maximum absolute atomic E-state index is 9.61. The largest absolute Gasteiger partial charge is 0.491 e. The molecule has 0 bridgehead atoms. The summed E-state index contributed by atoms with van der Waals surface area (Å²) in [6.07, 6.45) is -0.567. The minimum absolute atomic E-state index is 0.0741. The van der Waals surface area contributed by atoms with E-state index in [-0.39, 0.29) is 13.2 Å². The standard InChI is InChI=1S/C13H21NO3/c1-10-3-4-13(11(2)7-10)17-9-12(16)8-14-5-6-15/h3-4,7,12,14-16H,5-6,8-9H2,1-2H3. The van der Waals surface area contributed by atoms with Crippen LogP contribution in [0.1, 0.15) is 11.1 Å². The van der Waals surface area contributed by atoms with Gasteiger partial charge in [0.15, 0.2) is 0 Å². The van der Waals surface area contributed by atoms with Crippen LogP contribution in [0.2, 0.25) is 0 Å². The molecule has 4 nitrogen and oxygen atoms in total. The van der Waals surface area contributed by atoms with Crippen molar-refractivity contribution in [2.24, 2.45) is 0 Å². The summed E-state index contributed by atoms with van der Waals surface area (Å²) in [6.45, 7) is 5.25. The van der Waals surface area contributed by atoms with E-state index in [1.165, 1.54) is 5.56 Å². The van der Waals surface area contributed by atoms with E-state index in [0.717, 1.165) is 11.3 Å². The molecule has 1 atom stereocenters. The molecule has 0 saturated carbocycles. The van der Waals surface area contributed by atoms with Crippen LogP contribution >= 0.6 is 0 Å². The summed E-state index contributed by atoms with van der Waals surface area (Å²) < 4.78 is 5.53. The van der Waals surface area contributed by atoms with Gasteiger partial charge in [-0.1, -0.05) is 17.7 Å². The number of hydrogen-bond donors (Lipinski definition) is 3. The van der Waals surface area contributed by atoms with Gasteiger partial charge in [0.2, 0.25) is 0 Å². The quantitative estimate of drug-likeness (QED) is 0.611. The fourth-order valence-corrected chi connectivity index (χ4v) is 1.55. The van der Waals surface area contributed by atoms with Crippen molar-refractivity contribution in [2.45, 2.75) is 20.0 Å². The Morgan fingerprint density at radius 1 is 1.35 bits per heavy atom. The van der Waals surface area contributed by atoms with E-state index in [1.54, 1.807) is 0 Å². The van der Waals surface area contributed by atoms with Crippen molar-refractivity contribution in [1.29, 1.82) is 0 Å². The van der Waals surface area contributed by atoms with Crippen LogP contribution in [0.4, 0.5) is 0 Å². The summed E-state index contributed by atoms with van der Waals surface area (Å²) in [5.41, 5.74) is 2.26. The lowest BCUT2D eigenvalue weighted by atomic mass is 10.1. The van der Waals surface area contributed by atoms with Crippen molar-refractivity contribution >= 4 is 0 Å². The third-order valence-corrected chi connectivity index (χ3v) is 2.43. The van der Waals surface area contributed by atoms with Crippen molar-refractivity contribution in [3.8, 4) is 5.75 Å². The minimum Gasteiger partial charge on any atom is -0.491 e. The molecule has 0 aliphatic carbocycles. The summed E-state index contributed by atoms with van der Waals surface area (Å²) >= 11 is 0. The van der Waals surface area contributed by atoms with Gasteiger partial charge in [-0.05, 0) is 25.5 Å². The Bertz CT molecular complexity index is 341. The second-order valence-corrected chi connectivity index (χ2v) is 4.16. The molecule has 0 radical (unpaired) electrons. The molecule has 0 aliphatic rings. The molecule has 17 heavy (non-hydrogen) atoms. The summed E-state index contributed by atoms with van der Waals surface area (Å²) in [5.74, 6) is 0.803. The molecule has 1 aromatic carbocycles. The SMILES string of the molecule is Cc1ccc(OCC(O)CNCCO)c(C)c1. The average molecular weight is 239 g/mol. The molecule has 0 saturated heterocycles. The zero-order valence-corrected chi connectivity index (χ0v) is 10.4. The van der Waals surface area contributed by atoms with Gasteiger partial charge in [-0.25, -0.2) is 0 Å². The average Bonchev–Trinajstić information content (AvgIpc) is 2.28. The van der Waals surface area contributed by atoms with E-state index in [9.17, 15) is 5.11 Å². The normalized spacial score (nSPS) is 12.5. The van der Waals surface area contributed by atoms with Gasteiger partial charge in [-0.2, -0.15) is 0 Å². The third kappa shape index (κ3) is 5.17. The van der Waals surface area contributed by atoms with Crippen molar-refractivity contribution in [1.82, 2.24) is 5.32 Å². The number of ether oxygens (including phenoxy) is 1. The monoisotopic (exact) mass is 239 g/mol. The lowest BCUT2D eigenvalue weighted by molar-refractivity contribution is 0.105. The van der Waals surface area contributed by atoms with E-state index >= 15 is 0 Å². The third-order valence-electron chi connectivity index (χ3n) is 2.43. The molecule has 0 fully saturated rings. The highest BCUT2D eigenvalue weighted by Gasteiger charge is 2.06. The smallest absolute Gasteiger partial charge is 0.122 e. The van der Waals surface area contributed by atoms with Crippen molar-refractivity contribution in [3.63, 3.8) is 0 Å². The highest BCUT2D eigenvalue weighted by atomic mass is 16.5. The van der Waals surface area contributed by atoms with Gasteiger partial charge in [-0.15, -0.1) is 0 Å². The Kier molecular flexibility index (Phi) is 5.97. The Morgan fingerprint density at radius 2 is 2.12 bits per heavy atom. The maximum Gasteiger partial charge on any atom is 0.122 e. The Morgan fingerprint density at radius 3 is 2.76 bits per heavy atom. The number of aliphatic hydroxyl groups is 2. The lowest BCUT2D eigenvalue weighted by Crippen LogP contribution is -2.33. The van der Waals surface area contributed by atoms with Crippen LogP contribution in [0, 0.1) is 13.8 Å². The van der Waals surface area contributed by atoms with Gasteiger partial charge in [0, 0.05) is 13.1 Å². The first-order valence-electron chi connectivity index (χ1n) is 5.83. The van der Waals surface area contributed by atoms with E-state index in [2.05, 4.69) is 5.32 Å². The number of benzene rings is 1. The number of aliphatic hydroxyl groups excluding tert-OH is 2. The van der Waals surface area contributed by atoms with Crippen LogP contribution in [0.15, 0.2) is 18.2 Å². The van der Waals surface area contributed by atoms with Gasteiger partial charge in [0.1, 0.15) is 18.5 Å². The van der Waals surface area contributed by atoms with Crippen LogP contribution in [0.3, 0.4) is 0 Å². The molecule has 1 unspecified atom stereocenters. The van der Waals surface area contributed by atoms with Gasteiger partial charge < -0.3 is 20.3 Å². The first-order chi connectivity index (χ1) is 8.13. The van der Waals surface area contributed by atoms with E-state index in [0.29, 0.717) is 13.1 Å². The molecule has 0 aromatic heterocycles. The molecule has 0 spiro atoms. The summed E-state index contributed by atoms with van der Waals surface area (Å²) in [4.78, 5) is 0. The first kappa shape index (κ1) is 14.0. The van der Waals surface area contributed by atoms with Crippen LogP contribution < -0.4 is 10.1 Å². The van der Waals surface area contributed by atoms with Crippen LogP contribution in [-0.2, 0) is 0 Å². The molecule has 0 amide bonds. The second-order valence-electron chi connectivity index (χ2n) is 4.16. The predicted molar refractivity (Wildman–Crippen MR) is 67.4 cm³/mol. The van der Waals surface area contributed by atoms with Gasteiger partial charge in [0.05, 0.1) is 6.61 Å². The Labute approximate surface area is 102 Å². The number of hydrogen-bond acceptors (Lipinski definition) is 4. The second kappa shape index (κ2) is 7.27. The number of rotatable bonds is 7. The van der Waals surface area contributed by atoms with Gasteiger partial charge >= 0.3 is 0 Å². The molecule has 1 rings (SSSR count). The molecule has 96 valence electrons. The number of nitrogens with one attached hydrogen (secondary N) is 1. The molecular formula is C13H21NO3. The van der Waals surface area contributed by atoms with Gasteiger partial charge in [-0.3, -0.25) is 0 Å². The summed E-state index contributed by atoms with van der Waals surface area (Å²) in [5, 5.41) is 21.1. The van der Waals surface area contributed by atoms with Crippen LogP contribution in [0.25, 0.3) is 0 Å². The fraction of sp³-hybridized carbons (Fsp3) is 0.538. The van der Waals surface area contributed by atoms with E-state index < -0.39 is 6.10 Å². The minimum atomic E-state index is -0.567. The topological polar surface area (TPSA) is 61.7 Å². The van der Waals surface area contributed by atoms with Crippen LogP contribution in [-0.4, -0.2) is 42.6 Å². The lowest BCUT2D eigenvalue weighted by Gasteiger charge is -2.14. The van der Waals surface area contributed by atoms with Gasteiger partial charge in [0.25, 0.3) is 0 Å². The maximum atomic E-state index is 9.61. The molecule has 3 N–H and O–H groups in total. The highest BCUT2D eigenvalue weighted by molar-refractivity contribution is 5.35.